The molecule has 0 atom stereocenters. The molecule has 1 aromatic heterocycles. The number of H-pyrrole nitrogens is 1. The summed E-state index contributed by atoms with van der Waals surface area (Å²) < 4.78 is 0. The predicted octanol–water partition coefficient (Wildman–Crippen LogP) is 1.25. The number of aromatic nitrogens is 2. The van der Waals surface area contributed by atoms with Crippen molar-refractivity contribution in [3.05, 3.63) is 11.9 Å². The number of aromatic amines is 1. The van der Waals surface area contributed by atoms with Crippen LogP contribution in [-0.2, 0) is 0 Å². The Morgan fingerprint density at radius 1 is 1.60 bits per heavy atom. The highest BCUT2D eigenvalue weighted by Crippen LogP contribution is 2.13. The molecule has 0 aliphatic rings. The molecule has 1 amide bonds. The first-order valence-electron chi connectivity index (χ1n) is 5.17. The van der Waals surface area contributed by atoms with Gasteiger partial charge in [-0.2, -0.15) is 5.10 Å². The Labute approximate surface area is 89.6 Å². The van der Waals surface area contributed by atoms with Gasteiger partial charge >= 0.3 is 0 Å². The molecule has 0 saturated heterocycles. The van der Waals surface area contributed by atoms with Gasteiger partial charge in [0, 0.05) is 13.1 Å². The van der Waals surface area contributed by atoms with Crippen LogP contribution in [-0.4, -0.2) is 34.1 Å². The SMILES string of the molecule is CCC(CC)N(C)C(=O)c1[nH]ncc1N. The van der Waals surface area contributed by atoms with E-state index in [-0.39, 0.29) is 11.9 Å². The maximum Gasteiger partial charge on any atom is 0.274 e. The van der Waals surface area contributed by atoms with E-state index in [2.05, 4.69) is 24.0 Å². The molecule has 1 heterocycles. The highest BCUT2D eigenvalue weighted by atomic mass is 16.2. The molecular weight excluding hydrogens is 192 g/mol. The Kier molecular flexibility index (Phi) is 3.71. The lowest BCUT2D eigenvalue weighted by atomic mass is 10.1. The molecule has 1 aromatic rings. The number of hydrogen-bond donors (Lipinski definition) is 2. The fourth-order valence-electron chi connectivity index (χ4n) is 1.65. The molecule has 0 fully saturated rings. The van der Waals surface area contributed by atoms with Gasteiger partial charge in [-0.1, -0.05) is 13.8 Å². The topological polar surface area (TPSA) is 75.0 Å². The molecule has 0 spiro atoms. The summed E-state index contributed by atoms with van der Waals surface area (Å²) in [5, 5.41) is 6.36. The second kappa shape index (κ2) is 4.82. The number of carbonyl (C=O) groups excluding carboxylic acids is 1. The van der Waals surface area contributed by atoms with Gasteiger partial charge in [-0.25, -0.2) is 0 Å². The number of carbonyl (C=O) groups is 1. The molecule has 0 aliphatic carbocycles. The summed E-state index contributed by atoms with van der Waals surface area (Å²) in [4.78, 5) is 13.7. The molecule has 0 saturated carbocycles. The smallest absolute Gasteiger partial charge is 0.274 e. The molecule has 1 rings (SSSR count). The van der Waals surface area contributed by atoms with Crippen molar-refractivity contribution in [1.29, 1.82) is 0 Å². The van der Waals surface area contributed by atoms with Crippen molar-refractivity contribution >= 4 is 11.6 Å². The van der Waals surface area contributed by atoms with E-state index >= 15 is 0 Å². The van der Waals surface area contributed by atoms with Crippen LogP contribution in [0.4, 0.5) is 5.69 Å². The Balaban J connectivity index is 2.81. The van der Waals surface area contributed by atoms with Crippen LogP contribution in [0.25, 0.3) is 0 Å². The standard InChI is InChI=1S/C10H18N4O/c1-4-7(5-2)14(3)10(15)9-8(11)6-12-13-9/h6-7H,4-5,11H2,1-3H3,(H,12,13). The van der Waals surface area contributed by atoms with E-state index in [4.69, 9.17) is 5.73 Å². The van der Waals surface area contributed by atoms with Crippen LogP contribution in [0.5, 0.6) is 0 Å². The van der Waals surface area contributed by atoms with E-state index in [0.29, 0.717) is 11.4 Å². The van der Waals surface area contributed by atoms with Gasteiger partial charge in [0.25, 0.3) is 5.91 Å². The van der Waals surface area contributed by atoms with E-state index in [1.54, 1.807) is 11.9 Å². The molecule has 0 bridgehead atoms. The number of nitrogens with zero attached hydrogens (tertiary/aromatic N) is 2. The van der Waals surface area contributed by atoms with E-state index in [1.807, 2.05) is 0 Å². The quantitative estimate of drug-likeness (QED) is 0.785. The first kappa shape index (κ1) is 11.6. The zero-order chi connectivity index (χ0) is 11.4. The van der Waals surface area contributed by atoms with Gasteiger partial charge in [0.2, 0.25) is 0 Å². The summed E-state index contributed by atoms with van der Waals surface area (Å²) in [6.45, 7) is 4.13. The normalized spacial score (nSPS) is 10.7. The van der Waals surface area contributed by atoms with Gasteiger partial charge in [-0.3, -0.25) is 9.89 Å². The minimum Gasteiger partial charge on any atom is -0.396 e. The summed E-state index contributed by atoms with van der Waals surface area (Å²) >= 11 is 0. The minimum absolute atomic E-state index is 0.0984. The van der Waals surface area contributed by atoms with E-state index < -0.39 is 0 Å². The molecule has 5 nitrogen and oxygen atoms in total. The maximum absolute atomic E-state index is 12.0. The number of amides is 1. The molecule has 3 N–H and O–H groups in total. The maximum atomic E-state index is 12.0. The first-order valence-corrected chi connectivity index (χ1v) is 5.17. The molecule has 0 aliphatic heterocycles. The highest BCUT2D eigenvalue weighted by molar-refractivity contribution is 5.96. The van der Waals surface area contributed by atoms with Gasteiger partial charge in [-0.05, 0) is 12.8 Å². The van der Waals surface area contributed by atoms with E-state index in [1.165, 1.54) is 6.20 Å². The molecule has 0 unspecified atom stereocenters. The lowest BCUT2D eigenvalue weighted by Crippen LogP contribution is -2.36. The highest BCUT2D eigenvalue weighted by Gasteiger charge is 2.21. The summed E-state index contributed by atoms with van der Waals surface area (Å²) in [6.07, 6.45) is 3.33. The van der Waals surface area contributed by atoms with Gasteiger partial charge in [0.05, 0.1) is 11.9 Å². The molecular formula is C10H18N4O. The van der Waals surface area contributed by atoms with Crippen LogP contribution in [0, 0.1) is 0 Å². The number of hydrogen-bond acceptors (Lipinski definition) is 3. The second-order valence-electron chi connectivity index (χ2n) is 3.59. The Morgan fingerprint density at radius 3 is 2.60 bits per heavy atom. The van der Waals surface area contributed by atoms with Crippen molar-refractivity contribution in [3.63, 3.8) is 0 Å². The van der Waals surface area contributed by atoms with Crippen LogP contribution in [0.2, 0.25) is 0 Å². The monoisotopic (exact) mass is 210 g/mol. The summed E-state index contributed by atoms with van der Waals surface area (Å²) in [5.41, 5.74) is 6.40. The second-order valence-corrected chi connectivity index (χ2v) is 3.59. The summed E-state index contributed by atoms with van der Waals surface area (Å²) in [7, 11) is 1.79. The fourth-order valence-corrected chi connectivity index (χ4v) is 1.65. The third-order valence-corrected chi connectivity index (χ3v) is 2.69. The Morgan fingerprint density at radius 2 is 2.20 bits per heavy atom. The van der Waals surface area contributed by atoms with Gasteiger partial charge in [-0.15, -0.1) is 0 Å². The lowest BCUT2D eigenvalue weighted by Gasteiger charge is -2.25. The molecule has 84 valence electrons. The van der Waals surface area contributed by atoms with Crippen molar-refractivity contribution in [3.8, 4) is 0 Å². The Bertz CT molecular complexity index is 330. The number of nitrogens with one attached hydrogen (secondary N) is 1. The van der Waals surface area contributed by atoms with Crippen molar-refractivity contribution in [2.24, 2.45) is 0 Å². The third kappa shape index (κ3) is 2.29. The number of nitrogens with two attached hydrogens (primary N) is 1. The van der Waals surface area contributed by atoms with Crippen molar-refractivity contribution in [1.82, 2.24) is 15.1 Å². The van der Waals surface area contributed by atoms with E-state index in [0.717, 1.165) is 12.8 Å². The van der Waals surface area contributed by atoms with Crippen LogP contribution < -0.4 is 5.73 Å². The van der Waals surface area contributed by atoms with Crippen LogP contribution in [0.3, 0.4) is 0 Å². The average molecular weight is 210 g/mol. The summed E-state index contributed by atoms with van der Waals surface area (Å²) in [6, 6.07) is 0.250. The number of nitrogen functional groups attached to an aromatic ring is 1. The van der Waals surface area contributed by atoms with Gasteiger partial charge in [0.15, 0.2) is 0 Å². The third-order valence-electron chi connectivity index (χ3n) is 2.69. The molecule has 0 radical (unpaired) electrons. The van der Waals surface area contributed by atoms with Crippen molar-refractivity contribution in [2.45, 2.75) is 32.7 Å². The summed E-state index contributed by atoms with van der Waals surface area (Å²) in [5.74, 6) is -0.0984. The Hall–Kier alpha value is -1.52. The predicted molar refractivity (Wildman–Crippen MR) is 59.5 cm³/mol. The van der Waals surface area contributed by atoms with Crippen molar-refractivity contribution < 1.29 is 4.79 Å². The van der Waals surface area contributed by atoms with Crippen LogP contribution in [0.15, 0.2) is 6.20 Å². The average Bonchev–Trinajstić information content (AvgIpc) is 2.65. The number of anilines is 1. The molecule has 5 heteroatoms. The minimum atomic E-state index is -0.0984. The molecule has 0 aromatic carbocycles. The van der Waals surface area contributed by atoms with E-state index in [9.17, 15) is 4.79 Å². The van der Waals surface area contributed by atoms with Crippen molar-refractivity contribution in [2.75, 3.05) is 12.8 Å². The lowest BCUT2D eigenvalue weighted by molar-refractivity contribution is 0.0719. The van der Waals surface area contributed by atoms with Gasteiger partial charge in [0.1, 0.15) is 5.69 Å². The molecule has 15 heavy (non-hydrogen) atoms. The fraction of sp³-hybridized carbons (Fsp3) is 0.600. The van der Waals surface area contributed by atoms with Crippen LogP contribution >= 0.6 is 0 Å². The number of rotatable bonds is 4. The largest absolute Gasteiger partial charge is 0.396 e. The zero-order valence-corrected chi connectivity index (χ0v) is 9.45. The van der Waals surface area contributed by atoms with Gasteiger partial charge < -0.3 is 10.6 Å². The zero-order valence-electron chi connectivity index (χ0n) is 9.45. The van der Waals surface area contributed by atoms with Crippen LogP contribution in [0.1, 0.15) is 37.2 Å². The first-order chi connectivity index (χ1) is 7.11.